The molecule has 2 amide bonds. The van der Waals surface area contributed by atoms with Crippen LogP contribution in [0.1, 0.15) is 45.5 Å². The van der Waals surface area contributed by atoms with Crippen LogP contribution in [0.4, 0.5) is 0 Å². The van der Waals surface area contributed by atoms with Gasteiger partial charge in [-0.05, 0) is 56.0 Å². The number of ether oxygens (including phenoxy) is 2. The molecular formula is C23H24N2O4. The fourth-order valence-electron chi connectivity index (χ4n) is 4.47. The number of hydrogen-bond donors (Lipinski definition) is 0. The summed E-state index contributed by atoms with van der Waals surface area (Å²) in [6.45, 7) is 3.71. The lowest BCUT2D eigenvalue weighted by atomic mass is 9.93. The fourth-order valence-corrected chi connectivity index (χ4v) is 4.47. The van der Waals surface area contributed by atoms with Crippen molar-refractivity contribution >= 4 is 11.8 Å². The molecule has 0 N–H and O–H groups in total. The molecule has 29 heavy (non-hydrogen) atoms. The van der Waals surface area contributed by atoms with Crippen LogP contribution in [0.5, 0.6) is 11.5 Å². The van der Waals surface area contributed by atoms with E-state index in [-0.39, 0.29) is 18.6 Å². The minimum atomic E-state index is -0.218. The van der Waals surface area contributed by atoms with Crippen LogP contribution in [0.25, 0.3) is 0 Å². The van der Waals surface area contributed by atoms with Crippen molar-refractivity contribution in [2.45, 2.75) is 25.8 Å². The van der Waals surface area contributed by atoms with Gasteiger partial charge in [-0.2, -0.15) is 0 Å². The summed E-state index contributed by atoms with van der Waals surface area (Å²) in [5, 5.41) is 0. The Hall–Kier alpha value is -2.86. The summed E-state index contributed by atoms with van der Waals surface area (Å²) >= 11 is 0. The topological polar surface area (TPSA) is 59.1 Å². The van der Waals surface area contributed by atoms with Gasteiger partial charge in [0.15, 0.2) is 11.5 Å². The van der Waals surface area contributed by atoms with Gasteiger partial charge < -0.3 is 9.47 Å². The first-order chi connectivity index (χ1) is 14.2. The predicted molar refractivity (Wildman–Crippen MR) is 107 cm³/mol. The Morgan fingerprint density at radius 1 is 0.897 bits per heavy atom. The van der Waals surface area contributed by atoms with Crippen molar-refractivity contribution in [3.63, 3.8) is 0 Å². The van der Waals surface area contributed by atoms with Crippen LogP contribution in [0.2, 0.25) is 0 Å². The van der Waals surface area contributed by atoms with E-state index < -0.39 is 0 Å². The number of nitrogens with zero attached hydrogens (tertiary/aromatic N) is 2. The third-order valence-electron chi connectivity index (χ3n) is 6.18. The van der Waals surface area contributed by atoms with Gasteiger partial charge in [0.25, 0.3) is 11.8 Å². The van der Waals surface area contributed by atoms with E-state index >= 15 is 0 Å². The maximum absolute atomic E-state index is 12.7. The molecule has 0 spiro atoms. The molecule has 0 radical (unpaired) electrons. The Labute approximate surface area is 170 Å². The van der Waals surface area contributed by atoms with Crippen molar-refractivity contribution in [3.8, 4) is 11.5 Å². The van der Waals surface area contributed by atoms with Gasteiger partial charge in [-0.1, -0.05) is 30.3 Å². The van der Waals surface area contributed by atoms with E-state index in [1.165, 1.54) is 10.5 Å². The standard InChI is InChI=1S/C23H24N2O4/c26-22-18-12-20-21(29-15-28-20)13-19(18)23(27)25(22)11-8-16-6-9-24(10-7-16)14-17-4-2-1-3-5-17/h1-5,12-13,16H,6-11,14-15H2. The highest BCUT2D eigenvalue weighted by atomic mass is 16.7. The zero-order valence-electron chi connectivity index (χ0n) is 16.3. The van der Waals surface area contributed by atoms with Gasteiger partial charge in [-0.3, -0.25) is 19.4 Å². The molecule has 6 nitrogen and oxygen atoms in total. The van der Waals surface area contributed by atoms with Gasteiger partial charge in [0, 0.05) is 13.1 Å². The quantitative estimate of drug-likeness (QED) is 0.731. The van der Waals surface area contributed by atoms with Gasteiger partial charge >= 0.3 is 0 Å². The lowest BCUT2D eigenvalue weighted by molar-refractivity contribution is 0.0635. The summed E-state index contributed by atoms with van der Waals surface area (Å²) in [6.07, 6.45) is 3.06. The largest absolute Gasteiger partial charge is 0.454 e. The summed E-state index contributed by atoms with van der Waals surface area (Å²) in [7, 11) is 0. The number of hydrogen-bond acceptors (Lipinski definition) is 5. The molecule has 3 aliphatic rings. The summed E-state index contributed by atoms with van der Waals surface area (Å²) < 4.78 is 10.7. The van der Waals surface area contributed by atoms with Gasteiger partial charge in [0.1, 0.15) is 0 Å². The fraction of sp³-hybridized carbons (Fsp3) is 0.391. The Bertz CT molecular complexity index is 892. The normalized spacial score (nSPS) is 19.1. The average Bonchev–Trinajstić information content (AvgIpc) is 3.30. The lowest BCUT2D eigenvalue weighted by Crippen LogP contribution is -2.36. The van der Waals surface area contributed by atoms with E-state index in [0.29, 0.717) is 35.1 Å². The molecule has 0 atom stereocenters. The highest BCUT2D eigenvalue weighted by Gasteiger charge is 2.38. The molecule has 1 saturated heterocycles. The molecule has 0 bridgehead atoms. The van der Waals surface area contributed by atoms with Crippen molar-refractivity contribution in [1.82, 2.24) is 9.80 Å². The van der Waals surface area contributed by atoms with Gasteiger partial charge in [-0.25, -0.2) is 0 Å². The second-order valence-corrected chi connectivity index (χ2v) is 8.01. The van der Waals surface area contributed by atoms with Crippen LogP contribution in [-0.4, -0.2) is 48.0 Å². The van der Waals surface area contributed by atoms with Crippen LogP contribution in [0.15, 0.2) is 42.5 Å². The number of piperidine rings is 1. The van der Waals surface area contributed by atoms with E-state index in [0.717, 1.165) is 38.9 Å². The SMILES string of the molecule is O=C1c2cc3c(cc2C(=O)N1CCC1CCN(Cc2ccccc2)CC1)OCO3. The number of carbonyl (C=O) groups excluding carboxylic acids is 2. The zero-order valence-corrected chi connectivity index (χ0v) is 16.3. The van der Waals surface area contributed by atoms with Crippen LogP contribution in [0.3, 0.4) is 0 Å². The van der Waals surface area contributed by atoms with Crippen molar-refractivity contribution in [2.75, 3.05) is 26.4 Å². The van der Waals surface area contributed by atoms with Crippen LogP contribution < -0.4 is 9.47 Å². The first-order valence-electron chi connectivity index (χ1n) is 10.2. The molecule has 150 valence electrons. The number of imide groups is 1. The van der Waals surface area contributed by atoms with Crippen LogP contribution in [0, 0.1) is 5.92 Å². The predicted octanol–water partition coefficient (Wildman–Crippen LogP) is 3.31. The molecule has 0 saturated carbocycles. The minimum Gasteiger partial charge on any atom is -0.454 e. The molecule has 1 fully saturated rings. The summed E-state index contributed by atoms with van der Waals surface area (Å²) in [6, 6.07) is 13.8. The second-order valence-electron chi connectivity index (χ2n) is 8.01. The molecule has 2 aromatic carbocycles. The molecular weight excluding hydrogens is 368 g/mol. The van der Waals surface area contributed by atoms with Crippen molar-refractivity contribution in [3.05, 3.63) is 59.2 Å². The monoisotopic (exact) mass is 392 g/mol. The van der Waals surface area contributed by atoms with Crippen LogP contribution >= 0.6 is 0 Å². The first kappa shape index (κ1) is 18.2. The van der Waals surface area contributed by atoms with E-state index in [2.05, 4.69) is 29.2 Å². The highest BCUT2D eigenvalue weighted by Crippen LogP contribution is 2.38. The van der Waals surface area contributed by atoms with Crippen molar-refractivity contribution in [1.29, 1.82) is 0 Å². The molecule has 3 aliphatic heterocycles. The number of amides is 2. The maximum atomic E-state index is 12.7. The molecule has 0 aliphatic carbocycles. The average molecular weight is 392 g/mol. The Balaban J connectivity index is 1.15. The summed E-state index contributed by atoms with van der Waals surface area (Å²) in [4.78, 5) is 29.3. The Kier molecular flexibility index (Phi) is 4.72. The van der Waals surface area contributed by atoms with Gasteiger partial charge in [0.2, 0.25) is 6.79 Å². The molecule has 3 heterocycles. The molecule has 6 heteroatoms. The van der Waals surface area contributed by atoms with E-state index in [1.54, 1.807) is 12.1 Å². The third-order valence-corrected chi connectivity index (χ3v) is 6.18. The van der Waals surface area contributed by atoms with Crippen molar-refractivity contribution in [2.24, 2.45) is 5.92 Å². The second kappa shape index (κ2) is 7.52. The number of rotatable bonds is 5. The summed E-state index contributed by atoms with van der Waals surface area (Å²) in [5.74, 6) is 1.19. The molecule has 2 aromatic rings. The molecule has 5 rings (SSSR count). The van der Waals surface area contributed by atoms with E-state index in [4.69, 9.17) is 9.47 Å². The summed E-state index contributed by atoms with van der Waals surface area (Å²) in [5.41, 5.74) is 2.20. The minimum absolute atomic E-state index is 0.132. The highest BCUT2D eigenvalue weighted by molar-refractivity contribution is 6.21. The zero-order chi connectivity index (χ0) is 19.8. The lowest BCUT2D eigenvalue weighted by Gasteiger charge is -2.32. The number of fused-ring (bicyclic) bond motifs is 2. The number of benzene rings is 2. The number of likely N-dealkylation sites (tertiary alicyclic amines) is 1. The van der Waals surface area contributed by atoms with Gasteiger partial charge in [-0.15, -0.1) is 0 Å². The first-order valence-corrected chi connectivity index (χ1v) is 10.2. The third kappa shape index (κ3) is 3.49. The smallest absolute Gasteiger partial charge is 0.261 e. The van der Waals surface area contributed by atoms with Crippen LogP contribution in [-0.2, 0) is 6.54 Å². The Morgan fingerprint density at radius 3 is 2.14 bits per heavy atom. The Morgan fingerprint density at radius 2 is 1.52 bits per heavy atom. The molecule has 0 unspecified atom stereocenters. The van der Waals surface area contributed by atoms with Gasteiger partial charge in [0.05, 0.1) is 11.1 Å². The number of carbonyl (C=O) groups is 2. The van der Waals surface area contributed by atoms with Crippen molar-refractivity contribution < 1.29 is 19.1 Å². The molecule has 0 aromatic heterocycles. The van der Waals surface area contributed by atoms with E-state index in [9.17, 15) is 9.59 Å². The van der Waals surface area contributed by atoms with E-state index in [1.807, 2.05) is 6.07 Å². The maximum Gasteiger partial charge on any atom is 0.261 e.